The van der Waals surface area contributed by atoms with E-state index >= 15 is 0 Å². The molecule has 3 heteroatoms. The van der Waals surface area contributed by atoms with Gasteiger partial charge in [0.2, 0.25) is 0 Å². The number of benzene rings is 1. The van der Waals surface area contributed by atoms with Gasteiger partial charge in [-0.15, -0.1) is 0 Å². The highest BCUT2D eigenvalue weighted by Gasteiger charge is 2.23. The molecule has 1 aromatic rings. The lowest BCUT2D eigenvalue weighted by Crippen LogP contribution is -2.33. The molecule has 0 aliphatic carbocycles. The summed E-state index contributed by atoms with van der Waals surface area (Å²) >= 11 is 0. The van der Waals surface area contributed by atoms with Crippen molar-refractivity contribution in [1.82, 2.24) is 10.2 Å². The maximum Gasteiger partial charge on any atom is 0.126 e. The van der Waals surface area contributed by atoms with Crippen LogP contribution in [0.5, 0.6) is 0 Å². The van der Waals surface area contributed by atoms with E-state index in [-0.39, 0.29) is 11.9 Å². The van der Waals surface area contributed by atoms with Crippen molar-refractivity contribution in [2.45, 2.75) is 58.5 Å². The van der Waals surface area contributed by atoms with E-state index in [0.29, 0.717) is 0 Å². The van der Waals surface area contributed by atoms with E-state index in [1.165, 1.54) is 25.8 Å². The average molecular weight is 292 g/mol. The Kier molecular flexibility index (Phi) is 6.19. The van der Waals surface area contributed by atoms with Crippen LogP contribution in [0.25, 0.3) is 0 Å². The van der Waals surface area contributed by atoms with Crippen LogP contribution in [0.1, 0.15) is 56.7 Å². The van der Waals surface area contributed by atoms with Gasteiger partial charge in [0.15, 0.2) is 0 Å². The van der Waals surface area contributed by atoms with Gasteiger partial charge in [-0.1, -0.05) is 26.0 Å². The number of nitrogens with zero attached hydrogens (tertiary/aromatic N) is 1. The Morgan fingerprint density at radius 1 is 1.38 bits per heavy atom. The smallest absolute Gasteiger partial charge is 0.126 e. The molecule has 1 saturated heterocycles. The van der Waals surface area contributed by atoms with Gasteiger partial charge in [-0.25, -0.2) is 4.39 Å². The van der Waals surface area contributed by atoms with Crippen LogP contribution in [0.15, 0.2) is 18.2 Å². The Bertz CT molecular complexity index is 447. The third-order valence-corrected chi connectivity index (χ3v) is 4.72. The lowest BCUT2D eigenvalue weighted by atomic mass is 10.0. The molecule has 21 heavy (non-hydrogen) atoms. The number of nitrogens with one attached hydrogen (secondary N) is 1. The van der Waals surface area contributed by atoms with Crippen molar-refractivity contribution in [3.63, 3.8) is 0 Å². The standard InChI is InChI=1S/C18H29FN2/c1-4-16-7-6-11-21(16)12-10-18(20-5-2)15-9-8-14(3)17(19)13-15/h8-9,13,16,18,20H,4-7,10-12H2,1-3H3. The quantitative estimate of drug-likeness (QED) is 0.815. The van der Waals surface area contributed by atoms with Gasteiger partial charge >= 0.3 is 0 Å². The van der Waals surface area contributed by atoms with Gasteiger partial charge in [-0.05, 0) is 62.9 Å². The molecule has 1 fully saturated rings. The summed E-state index contributed by atoms with van der Waals surface area (Å²) < 4.78 is 13.8. The molecule has 0 amide bonds. The van der Waals surface area contributed by atoms with E-state index in [4.69, 9.17) is 0 Å². The number of hydrogen-bond donors (Lipinski definition) is 1. The fourth-order valence-corrected chi connectivity index (χ4v) is 3.41. The summed E-state index contributed by atoms with van der Waals surface area (Å²) in [5.74, 6) is -0.0944. The molecular formula is C18H29FN2. The second-order valence-corrected chi connectivity index (χ2v) is 6.15. The predicted octanol–water partition coefficient (Wildman–Crippen LogP) is 4.05. The van der Waals surface area contributed by atoms with E-state index in [1.54, 1.807) is 6.07 Å². The summed E-state index contributed by atoms with van der Waals surface area (Å²) in [6.07, 6.45) is 4.95. The topological polar surface area (TPSA) is 15.3 Å². The molecule has 2 atom stereocenters. The minimum absolute atomic E-state index is 0.0944. The zero-order chi connectivity index (χ0) is 15.2. The monoisotopic (exact) mass is 292 g/mol. The fourth-order valence-electron chi connectivity index (χ4n) is 3.41. The average Bonchev–Trinajstić information content (AvgIpc) is 2.94. The predicted molar refractivity (Wildman–Crippen MR) is 87.1 cm³/mol. The van der Waals surface area contributed by atoms with Gasteiger partial charge in [-0.2, -0.15) is 0 Å². The SMILES string of the molecule is CCNC(CCN1CCCC1CC)c1ccc(C)c(F)c1. The summed E-state index contributed by atoms with van der Waals surface area (Å²) in [6, 6.07) is 6.65. The van der Waals surface area contributed by atoms with Crippen molar-refractivity contribution in [1.29, 1.82) is 0 Å². The fraction of sp³-hybridized carbons (Fsp3) is 0.667. The summed E-state index contributed by atoms with van der Waals surface area (Å²) in [6.45, 7) is 9.45. The van der Waals surface area contributed by atoms with Gasteiger partial charge in [0.05, 0.1) is 0 Å². The Morgan fingerprint density at radius 2 is 2.19 bits per heavy atom. The van der Waals surface area contributed by atoms with Crippen LogP contribution in [-0.2, 0) is 0 Å². The highest BCUT2D eigenvalue weighted by atomic mass is 19.1. The second-order valence-electron chi connectivity index (χ2n) is 6.15. The summed E-state index contributed by atoms with van der Waals surface area (Å²) in [5, 5.41) is 3.51. The van der Waals surface area contributed by atoms with Crippen LogP contribution in [-0.4, -0.2) is 30.6 Å². The molecule has 1 aliphatic heterocycles. The van der Waals surface area contributed by atoms with E-state index in [1.807, 2.05) is 13.0 Å². The first-order chi connectivity index (χ1) is 10.2. The lowest BCUT2D eigenvalue weighted by Gasteiger charge is -2.26. The highest BCUT2D eigenvalue weighted by molar-refractivity contribution is 5.25. The van der Waals surface area contributed by atoms with Crippen molar-refractivity contribution in [3.8, 4) is 0 Å². The summed E-state index contributed by atoms with van der Waals surface area (Å²) in [4.78, 5) is 2.61. The summed E-state index contributed by atoms with van der Waals surface area (Å²) in [7, 11) is 0. The maximum atomic E-state index is 13.8. The minimum atomic E-state index is -0.0944. The number of halogens is 1. The molecule has 0 bridgehead atoms. The van der Waals surface area contributed by atoms with Crippen LogP contribution in [0.4, 0.5) is 4.39 Å². The van der Waals surface area contributed by atoms with E-state index in [9.17, 15) is 4.39 Å². The van der Waals surface area contributed by atoms with Crippen LogP contribution in [0.3, 0.4) is 0 Å². The van der Waals surface area contributed by atoms with Crippen molar-refractivity contribution >= 4 is 0 Å². The number of hydrogen-bond acceptors (Lipinski definition) is 2. The molecule has 118 valence electrons. The molecule has 0 radical (unpaired) electrons. The molecule has 2 rings (SSSR count). The van der Waals surface area contributed by atoms with Crippen LogP contribution in [0, 0.1) is 12.7 Å². The Balaban J connectivity index is 1.99. The molecule has 1 aromatic carbocycles. The van der Waals surface area contributed by atoms with Gasteiger partial charge in [-0.3, -0.25) is 0 Å². The first-order valence-electron chi connectivity index (χ1n) is 8.39. The molecule has 0 aromatic heterocycles. The van der Waals surface area contributed by atoms with E-state index in [0.717, 1.165) is 36.7 Å². The zero-order valence-corrected chi connectivity index (χ0v) is 13.7. The molecule has 1 heterocycles. The van der Waals surface area contributed by atoms with E-state index in [2.05, 4.69) is 30.1 Å². The molecule has 0 saturated carbocycles. The van der Waals surface area contributed by atoms with E-state index < -0.39 is 0 Å². The normalized spacial score (nSPS) is 20.9. The first-order valence-corrected chi connectivity index (χ1v) is 8.39. The zero-order valence-electron chi connectivity index (χ0n) is 13.7. The Hall–Kier alpha value is -0.930. The molecule has 2 unspecified atom stereocenters. The lowest BCUT2D eigenvalue weighted by molar-refractivity contribution is 0.234. The second kappa shape index (κ2) is 7.90. The van der Waals surface area contributed by atoms with Crippen LogP contribution < -0.4 is 5.32 Å². The summed E-state index contributed by atoms with van der Waals surface area (Å²) in [5.41, 5.74) is 1.80. The molecule has 1 aliphatic rings. The van der Waals surface area contributed by atoms with Gasteiger partial charge in [0, 0.05) is 18.6 Å². The maximum absolute atomic E-state index is 13.8. The van der Waals surface area contributed by atoms with Crippen LogP contribution >= 0.6 is 0 Å². The Labute approximate surface area is 128 Å². The van der Waals surface area contributed by atoms with Gasteiger partial charge in [0.25, 0.3) is 0 Å². The number of rotatable bonds is 7. The number of aryl methyl sites for hydroxylation is 1. The Morgan fingerprint density at radius 3 is 2.86 bits per heavy atom. The molecule has 0 spiro atoms. The van der Waals surface area contributed by atoms with Crippen molar-refractivity contribution < 1.29 is 4.39 Å². The molecule has 1 N–H and O–H groups in total. The van der Waals surface area contributed by atoms with Gasteiger partial charge in [0.1, 0.15) is 5.82 Å². The van der Waals surface area contributed by atoms with Crippen molar-refractivity contribution in [2.75, 3.05) is 19.6 Å². The van der Waals surface area contributed by atoms with Crippen molar-refractivity contribution in [2.24, 2.45) is 0 Å². The van der Waals surface area contributed by atoms with Crippen molar-refractivity contribution in [3.05, 3.63) is 35.1 Å². The highest BCUT2D eigenvalue weighted by Crippen LogP contribution is 2.24. The first kappa shape index (κ1) is 16.4. The largest absolute Gasteiger partial charge is 0.310 e. The number of likely N-dealkylation sites (tertiary alicyclic amines) is 1. The molecular weight excluding hydrogens is 263 g/mol. The third-order valence-electron chi connectivity index (χ3n) is 4.72. The van der Waals surface area contributed by atoms with Gasteiger partial charge < -0.3 is 10.2 Å². The van der Waals surface area contributed by atoms with Crippen LogP contribution in [0.2, 0.25) is 0 Å². The molecule has 2 nitrogen and oxygen atoms in total. The minimum Gasteiger partial charge on any atom is -0.310 e. The third kappa shape index (κ3) is 4.27.